The van der Waals surface area contributed by atoms with Crippen LogP contribution in [0.2, 0.25) is 0 Å². The summed E-state index contributed by atoms with van der Waals surface area (Å²) >= 11 is 0. The molecule has 0 aliphatic carbocycles. The number of rotatable bonds is 11. The molecular weight excluding hydrogens is 637 g/mol. The summed E-state index contributed by atoms with van der Waals surface area (Å²) in [5, 5.41) is 7.81. The van der Waals surface area contributed by atoms with Gasteiger partial charge in [-0.15, -0.1) is 5.10 Å². The number of nitrogens with zero attached hydrogens (tertiary/aromatic N) is 4. The quantitative estimate of drug-likeness (QED) is 0.147. The average Bonchev–Trinajstić information content (AvgIpc) is 3.77. The number of methoxy groups -OCH3 is 1. The standard InChI is InChI=1S/C39H40FN5O5/c1-39(2,3)50-36(47)23-31(27-11-15-30(40)16-12-27)33(46)21-25-7-9-26(10-8-25)29-14-18-35-42-38(43-45(35)24-29)41-32-17-13-28(22-34(32)49-4)37(48)44-19-5-6-20-44/h7-18,22,24,31H,5-6,19-21,23H2,1-4H3,(H,41,43)/t31-/m1/s1. The maximum Gasteiger partial charge on any atom is 0.307 e. The van der Waals surface area contributed by atoms with E-state index < -0.39 is 23.3 Å². The number of nitrogens with one attached hydrogen (secondary N) is 1. The molecule has 0 bridgehead atoms. The van der Waals surface area contributed by atoms with E-state index in [0.29, 0.717) is 34.2 Å². The van der Waals surface area contributed by atoms with Crippen LogP contribution < -0.4 is 10.1 Å². The summed E-state index contributed by atoms with van der Waals surface area (Å²) < 4.78 is 26.4. The first-order chi connectivity index (χ1) is 24.0. The molecule has 1 atom stereocenters. The van der Waals surface area contributed by atoms with Crippen LogP contribution in [0.25, 0.3) is 16.8 Å². The lowest BCUT2D eigenvalue weighted by molar-refractivity contribution is -0.156. The number of aromatic nitrogens is 3. The van der Waals surface area contributed by atoms with Gasteiger partial charge < -0.3 is 19.7 Å². The van der Waals surface area contributed by atoms with Crippen molar-refractivity contribution in [1.29, 1.82) is 0 Å². The lowest BCUT2D eigenvalue weighted by atomic mass is 9.88. The number of benzene rings is 3. The minimum atomic E-state index is -0.766. The van der Waals surface area contributed by atoms with Crippen LogP contribution in [-0.2, 0) is 20.7 Å². The number of anilines is 2. The zero-order valence-electron chi connectivity index (χ0n) is 28.6. The molecule has 6 rings (SSSR count). The van der Waals surface area contributed by atoms with E-state index in [1.54, 1.807) is 50.6 Å². The highest BCUT2D eigenvalue weighted by Gasteiger charge is 2.27. The van der Waals surface area contributed by atoms with Crippen LogP contribution in [0.1, 0.15) is 67.4 Å². The molecule has 258 valence electrons. The Kier molecular flexibility index (Phi) is 9.94. The monoisotopic (exact) mass is 677 g/mol. The Morgan fingerprint density at radius 1 is 0.920 bits per heavy atom. The molecule has 1 fully saturated rings. The van der Waals surface area contributed by atoms with Crippen LogP contribution >= 0.6 is 0 Å². The molecule has 1 N–H and O–H groups in total. The molecule has 0 radical (unpaired) electrons. The fourth-order valence-electron chi connectivity index (χ4n) is 6.06. The third-order valence-electron chi connectivity index (χ3n) is 8.54. The highest BCUT2D eigenvalue weighted by Crippen LogP contribution is 2.30. The number of hydrogen-bond donors (Lipinski definition) is 1. The number of carbonyl (C=O) groups is 3. The summed E-state index contributed by atoms with van der Waals surface area (Å²) in [6, 6.07) is 22.4. The summed E-state index contributed by atoms with van der Waals surface area (Å²) in [4.78, 5) is 45.5. The van der Waals surface area contributed by atoms with Gasteiger partial charge in [0.05, 0.1) is 25.1 Å². The van der Waals surface area contributed by atoms with Gasteiger partial charge in [-0.3, -0.25) is 14.4 Å². The van der Waals surface area contributed by atoms with Crippen LogP contribution in [0.3, 0.4) is 0 Å². The van der Waals surface area contributed by atoms with Crippen molar-refractivity contribution < 1.29 is 28.2 Å². The lowest BCUT2D eigenvalue weighted by Crippen LogP contribution is -2.27. The number of ketones is 1. The van der Waals surface area contributed by atoms with Crippen LogP contribution in [0, 0.1) is 5.82 Å². The van der Waals surface area contributed by atoms with E-state index in [4.69, 9.17) is 9.47 Å². The first-order valence-electron chi connectivity index (χ1n) is 16.7. The molecule has 1 amide bonds. The van der Waals surface area contributed by atoms with Crippen LogP contribution in [0.15, 0.2) is 85.1 Å². The van der Waals surface area contributed by atoms with Gasteiger partial charge in [-0.1, -0.05) is 36.4 Å². The predicted octanol–water partition coefficient (Wildman–Crippen LogP) is 7.15. The summed E-state index contributed by atoms with van der Waals surface area (Å²) in [5.41, 5.74) is 4.31. The van der Waals surface area contributed by atoms with Crippen LogP contribution in [0.5, 0.6) is 5.75 Å². The fourth-order valence-corrected chi connectivity index (χ4v) is 6.06. The van der Waals surface area contributed by atoms with Gasteiger partial charge in [0.1, 0.15) is 23.0 Å². The SMILES string of the molecule is COc1cc(C(=O)N2CCCC2)ccc1Nc1nc2ccc(-c3ccc(CC(=O)[C@H](CC(=O)OC(C)(C)C)c4ccc(F)cc4)cc3)cn2n1. The lowest BCUT2D eigenvalue weighted by Gasteiger charge is -2.22. The smallest absolute Gasteiger partial charge is 0.307 e. The number of halogens is 1. The average molecular weight is 678 g/mol. The Bertz CT molecular complexity index is 2010. The number of carbonyl (C=O) groups excluding carboxylic acids is 3. The second kappa shape index (κ2) is 14.5. The van der Waals surface area contributed by atoms with E-state index in [0.717, 1.165) is 42.6 Å². The van der Waals surface area contributed by atoms with E-state index in [9.17, 15) is 18.8 Å². The Balaban J connectivity index is 1.14. The zero-order valence-corrected chi connectivity index (χ0v) is 28.6. The normalized spacial score (nSPS) is 13.7. The number of amides is 1. The second-order valence-electron chi connectivity index (χ2n) is 13.4. The topological polar surface area (TPSA) is 115 Å². The van der Waals surface area contributed by atoms with Crippen molar-refractivity contribution in [2.75, 3.05) is 25.5 Å². The minimum Gasteiger partial charge on any atom is -0.495 e. The van der Waals surface area contributed by atoms with Crippen molar-refractivity contribution in [3.63, 3.8) is 0 Å². The molecule has 3 heterocycles. The molecule has 0 saturated carbocycles. The maximum atomic E-state index is 13.6. The van der Waals surface area contributed by atoms with Gasteiger partial charge in [-0.25, -0.2) is 8.91 Å². The predicted molar refractivity (Wildman–Crippen MR) is 188 cm³/mol. The molecule has 1 saturated heterocycles. The van der Waals surface area contributed by atoms with E-state index in [-0.39, 0.29) is 24.5 Å². The van der Waals surface area contributed by atoms with Gasteiger partial charge in [0.25, 0.3) is 5.91 Å². The van der Waals surface area contributed by atoms with Crippen molar-refractivity contribution in [1.82, 2.24) is 19.5 Å². The Morgan fingerprint density at radius 3 is 2.30 bits per heavy atom. The molecule has 5 aromatic rings. The van der Waals surface area contributed by atoms with Gasteiger partial charge in [-0.2, -0.15) is 4.98 Å². The highest BCUT2D eigenvalue weighted by molar-refractivity contribution is 5.95. The van der Waals surface area contributed by atoms with Gasteiger partial charge >= 0.3 is 5.97 Å². The number of ether oxygens (including phenoxy) is 2. The molecule has 50 heavy (non-hydrogen) atoms. The summed E-state index contributed by atoms with van der Waals surface area (Å²) in [7, 11) is 1.56. The molecule has 0 spiro atoms. The number of hydrogen-bond acceptors (Lipinski definition) is 8. The minimum absolute atomic E-state index is 0.00208. The molecule has 10 nitrogen and oxygen atoms in total. The number of likely N-dealkylation sites (tertiary alicyclic amines) is 1. The first-order valence-corrected chi connectivity index (χ1v) is 16.7. The van der Waals surface area contributed by atoms with E-state index in [1.807, 2.05) is 47.5 Å². The largest absolute Gasteiger partial charge is 0.495 e. The Hall–Kier alpha value is -5.58. The van der Waals surface area contributed by atoms with Crippen molar-refractivity contribution in [2.45, 2.75) is 58.0 Å². The van der Waals surface area contributed by atoms with Crippen molar-refractivity contribution >= 4 is 34.9 Å². The van der Waals surface area contributed by atoms with Crippen LogP contribution in [-0.4, -0.2) is 63.0 Å². The molecule has 1 aliphatic heterocycles. The highest BCUT2D eigenvalue weighted by atomic mass is 19.1. The number of Topliss-reactive ketones (excluding diaryl/α,β-unsaturated/α-hetero) is 1. The van der Waals surface area contributed by atoms with Crippen LogP contribution in [0.4, 0.5) is 16.0 Å². The third kappa shape index (κ3) is 8.16. The number of esters is 1. The molecule has 2 aromatic heterocycles. The molecule has 3 aromatic carbocycles. The summed E-state index contributed by atoms with van der Waals surface area (Å²) in [5.74, 6) is -0.948. The summed E-state index contributed by atoms with van der Waals surface area (Å²) in [6.07, 6.45) is 3.88. The van der Waals surface area contributed by atoms with Gasteiger partial charge in [0.2, 0.25) is 5.95 Å². The molecule has 11 heteroatoms. The maximum absolute atomic E-state index is 13.6. The Morgan fingerprint density at radius 2 is 1.62 bits per heavy atom. The Labute approximate surface area is 290 Å². The van der Waals surface area contributed by atoms with Crippen molar-refractivity contribution in [3.8, 4) is 16.9 Å². The van der Waals surface area contributed by atoms with Gasteiger partial charge in [-0.05, 0) is 92.8 Å². The number of fused-ring (bicyclic) bond motifs is 1. The molecule has 0 unspecified atom stereocenters. The van der Waals surface area contributed by atoms with E-state index in [2.05, 4.69) is 15.4 Å². The first kappa shape index (κ1) is 34.3. The molecular formula is C39H40FN5O5. The van der Waals surface area contributed by atoms with E-state index >= 15 is 0 Å². The van der Waals surface area contributed by atoms with E-state index in [1.165, 1.54) is 24.3 Å². The van der Waals surface area contributed by atoms with Gasteiger partial charge in [0.15, 0.2) is 5.65 Å². The van der Waals surface area contributed by atoms with Crippen molar-refractivity contribution in [2.24, 2.45) is 0 Å². The summed E-state index contributed by atoms with van der Waals surface area (Å²) in [6.45, 7) is 6.86. The second-order valence-corrected chi connectivity index (χ2v) is 13.4. The fraction of sp³-hybridized carbons (Fsp3) is 0.308. The van der Waals surface area contributed by atoms with Gasteiger partial charge in [0, 0.05) is 36.8 Å². The number of pyridine rings is 1. The third-order valence-corrected chi connectivity index (χ3v) is 8.54. The zero-order chi connectivity index (χ0) is 35.4. The molecule has 1 aliphatic rings. The van der Waals surface area contributed by atoms with Crippen molar-refractivity contribution in [3.05, 3.63) is 108 Å².